The fraction of sp³-hybridized carbons (Fsp3) is 0.300. The molecule has 0 aliphatic rings. The van der Waals surface area contributed by atoms with Crippen LogP contribution in [0.5, 0.6) is 5.75 Å². The fourth-order valence-corrected chi connectivity index (χ4v) is 2.57. The van der Waals surface area contributed by atoms with Gasteiger partial charge in [0.15, 0.2) is 6.61 Å². The zero-order valence-corrected chi connectivity index (χ0v) is 14.8. The van der Waals surface area contributed by atoms with Crippen molar-refractivity contribution in [2.24, 2.45) is 5.92 Å². The number of nitrogens with zero attached hydrogens (tertiary/aromatic N) is 1. The van der Waals surface area contributed by atoms with Crippen LogP contribution < -0.4 is 9.64 Å². The quantitative estimate of drug-likeness (QED) is 0.783. The Balaban J connectivity index is 1.93. The van der Waals surface area contributed by atoms with Crippen LogP contribution in [0, 0.1) is 11.7 Å². The summed E-state index contributed by atoms with van der Waals surface area (Å²) in [5, 5.41) is 8.60. The van der Waals surface area contributed by atoms with Gasteiger partial charge in [-0.15, -0.1) is 0 Å². The van der Waals surface area contributed by atoms with Crippen LogP contribution in [0.2, 0.25) is 0 Å². The van der Waals surface area contributed by atoms with Gasteiger partial charge in [-0.1, -0.05) is 25.1 Å². The van der Waals surface area contributed by atoms with Crippen molar-refractivity contribution in [2.45, 2.75) is 19.8 Å². The van der Waals surface area contributed by atoms with Gasteiger partial charge in [-0.3, -0.25) is 4.79 Å². The molecule has 0 aromatic heterocycles. The molecule has 2 rings (SSSR count). The Morgan fingerprint density at radius 2 is 1.81 bits per heavy atom. The Hall–Kier alpha value is -2.89. The molecule has 0 fully saturated rings. The van der Waals surface area contributed by atoms with E-state index in [1.165, 1.54) is 11.0 Å². The van der Waals surface area contributed by atoms with E-state index in [2.05, 4.69) is 0 Å². The van der Waals surface area contributed by atoms with E-state index in [0.717, 1.165) is 0 Å². The zero-order chi connectivity index (χ0) is 19.1. The van der Waals surface area contributed by atoms with E-state index in [4.69, 9.17) is 9.84 Å². The Kier molecular flexibility index (Phi) is 6.72. The average molecular weight is 359 g/mol. The third-order valence-electron chi connectivity index (χ3n) is 4.14. The number of amides is 1. The van der Waals surface area contributed by atoms with Crippen LogP contribution >= 0.6 is 0 Å². The molecule has 1 amide bonds. The largest absolute Gasteiger partial charge is 0.482 e. The van der Waals surface area contributed by atoms with Gasteiger partial charge in [-0.2, -0.15) is 0 Å². The summed E-state index contributed by atoms with van der Waals surface area (Å²) >= 11 is 0. The minimum Gasteiger partial charge on any atom is -0.482 e. The molecular weight excluding hydrogens is 337 g/mol. The normalized spacial score (nSPS) is 11.7. The highest BCUT2D eigenvalue weighted by Crippen LogP contribution is 2.21. The van der Waals surface area contributed by atoms with Gasteiger partial charge in [0.05, 0.1) is 0 Å². The number of rotatable bonds is 8. The second kappa shape index (κ2) is 8.99. The number of aryl methyl sites for hydroxylation is 1. The van der Waals surface area contributed by atoms with Crippen LogP contribution in [-0.4, -0.2) is 30.6 Å². The van der Waals surface area contributed by atoms with Crippen LogP contribution in [0.3, 0.4) is 0 Å². The lowest BCUT2D eigenvalue weighted by Gasteiger charge is -2.22. The third kappa shape index (κ3) is 5.31. The van der Waals surface area contributed by atoms with Crippen LogP contribution in [0.25, 0.3) is 0 Å². The molecule has 0 aliphatic carbocycles. The molecule has 0 radical (unpaired) electrons. The van der Waals surface area contributed by atoms with Gasteiger partial charge in [0.25, 0.3) is 0 Å². The number of ether oxygens (including phenoxy) is 1. The van der Waals surface area contributed by atoms with Crippen molar-refractivity contribution in [3.05, 3.63) is 59.9 Å². The minimum atomic E-state index is -1.05. The highest BCUT2D eigenvalue weighted by Gasteiger charge is 2.19. The number of hydrogen-bond donors (Lipinski definition) is 1. The number of benzene rings is 2. The summed E-state index contributed by atoms with van der Waals surface area (Å²) < 4.78 is 18.7. The predicted octanol–water partition coefficient (Wildman–Crippen LogP) is 3.52. The van der Waals surface area contributed by atoms with Gasteiger partial charge >= 0.3 is 5.97 Å². The first-order valence-electron chi connectivity index (χ1n) is 8.34. The van der Waals surface area contributed by atoms with Crippen LogP contribution in [0.4, 0.5) is 10.1 Å². The molecule has 1 atom stereocenters. The topological polar surface area (TPSA) is 66.8 Å². The second-order valence-corrected chi connectivity index (χ2v) is 6.10. The van der Waals surface area contributed by atoms with Crippen molar-refractivity contribution in [3.8, 4) is 5.75 Å². The SMILES string of the molecule is CC(CCc1ccccc1F)C(=O)N(C)c1ccc(OCC(=O)O)cc1. The van der Waals surface area contributed by atoms with Crippen LogP contribution in [0.1, 0.15) is 18.9 Å². The highest BCUT2D eigenvalue weighted by molar-refractivity contribution is 5.94. The minimum absolute atomic E-state index is 0.0689. The lowest BCUT2D eigenvalue weighted by atomic mass is 9.99. The molecule has 5 nitrogen and oxygen atoms in total. The number of carboxylic acid groups (broad SMARTS) is 1. The van der Waals surface area contributed by atoms with E-state index in [9.17, 15) is 14.0 Å². The van der Waals surface area contributed by atoms with Crippen LogP contribution in [-0.2, 0) is 16.0 Å². The highest BCUT2D eigenvalue weighted by atomic mass is 19.1. The lowest BCUT2D eigenvalue weighted by Crippen LogP contribution is -2.31. The number of carbonyl (C=O) groups excluding carboxylic acids is 1. The summed E-state index contributed by atoms with van der Waals surface area (Å²) in [6.07, 6.45) is 1.04. The second-order valence-electron chi connectivity index (χ2n) is 6.10. The summed E-state index contributed by atoms with van der Waals surface area (Å²) in [4.78, 5) is 24.6. The van der Waals surface area contributed by atoms with Crippen molar-refractivity contribution >= 4 is 17.6 Å². The van der Waals surface area contributed by atoms with Gasteiger partial charge in [-0.05, 0) is 48.7 Å². The van der Waals surface area contributed by atoms with Crippen LogP contribution in [0.15, 0.2) is 48.5 Å². The molecule has 0 spiro atoms. The van der Waals surface area contributed by atoms with E-state index < -0.39 is 12.6 Å². The number of carbonyl (C=O) groups is 2. The van der Waals surface area contributed by atoms with E-state index in [1.54, 1.807) is 49.5 Å². The smallest absolute Gasteiger partial charge is 0.341 e. The molecular formula is C20H22FNO4. The molecule has 0 saturated carbocycles. The standard InChI is InChI=1S/C20H22FNO4/c1-14(7-8-15-5-3-4-6-18(15)21)20(25)22(2)16-9-11-17(12-10-16)26-13-19(23)24/h3-6,9-12,14H,7-8,13H2,1-2H3,(H,23,24). The number of anilines is 1. The molecule has 2 aromatic carbocycles. The van der Waals surface area contributed by atoms with Gasteiger partial charge in [0, 0.05) is 18.7 Å². The van der Waals surface area contributed by atoms with Crippen molar-refractivity contribution in [1.29, 1.82) is 0 Å². The van der Waals surface area contributed by atoms with Gasteiger partial charge in [0.2, 0.25) is 5.91 Å². The number of hydrogen-bond acceptors (Lipinski definition) is 3. The molecule has 6 heteroatoms. The zero-order valence-electron chi connectivity index (χ0n) is 14.8. The van der Waals surface area contributed by atoms with E-state index >= 15 is 0 Å². The average Bonchev–Trinajstić information content (AvgIpc) is 2.64. The summed E-state index contributed by atoms with van der Waals surface area (Å²) in [5.41, 5.74) is 1.28. The maximum atomic E-state index is 13.7. The number of halogens is 1. The fourth-order valence-electron chi connectivity index (χ4n) is 2.57. The van der Waals surface area contributed by atoms with Crippen molar-refractivity contribution in [1.82, 2.24) is 0 Å². The Morgan fingerprint density at radius 1 is 1.15 bits per heavy atom. The van der Waals surface area contributed by atoms with E-state index in [0.29, 0.717) is 29.8 Å². The summed E-state index contributed by atoms with van der Waals surface area (Å²) in [7, 11) is 1.68. The molecule has 0 heterocycles. The lowest BCUT2D eigenvalue weighted by molar-refractivity contribution is -0.139. The van der Waals surface area contributed by atoms with E-state index in [1.807, 2.05) is 6.92 Å². The van der Waals surface area contributed by atoms with Crippen molar-refractivity contribution in [2.75, 3.05) is 18.6 Å². The molecule has 26 heavy (non-hydrogen) atoms. The van der Waals surface area contributed by atoms with Gasteiger partial charge in [0.1, 0.15) is 11.6 Å². The summed E-state index contributed by atoms with van der Waals surface area (Å²) in [5.74, 6) is -1.21. The first-order chi connectivity index (χ1) is 12.4. The predicted molar refractivity (Wildman–Crippen MR) is 96.9 cm³/mol. The van der Waals surface area contributed by atoms with Crippen molar-refractivity contribution < 1.29 is 23.8 Å². The molecule has 1 unspecified atom stereocenters. The number of aliphatic carboxylic acids is 1. The molecule has 138 valence electrons. The van der Waals surface area contributed by atoms with Gasteiger partial charge in [-0.25, -0.2) is 9.18 Å². The molecule has 0 bridgehead atoms. The third-order valence-corrected chi connectivity index (χ3v) is 4.14. The summed E-state index contributed by atoms with van der Waals surface area (Å²) in [6, 6.07) is 13.2. The van der Waals surface area contributed by atoms with Gasteiger partial charge < -0.3 is 14.7 Å². The Morgan fingerprint density at radius 3 is 2.42 bits per heavy atom. The number of carboxylic acids is 1. The molecule has 0 aliphatic heterocycles. The molecule has 2 aromatic rings. The first-order valence-corrected chi connectivity index (χ1v) is 8.34. The summed E-state index contributed by atoms with van der Waals surface area (Å²) in [6.45, 7) is 1.41. The van der Waals surface area contributed by atoms with Crippen molar-refractivity contribution in [3.63, 3.8) is 0 Å². The Labute approximate surface area is 152 Å². The molecule has 1 N–H and O–H groups in total. The monoisotopic (exact) mass is 359 g/mol. The maximum Gasteiger partial charge on any atom is 0.341 e. The Bertz CT molecular complexity index is 761. The maximum absolute atomic E-state index is 13.7. The first kappa shape index (κ1) is 19.4. The molecule has 0 saturated heterocycles. The van der Waals surface area contributed by atoms with E-state index in [-0.39, 0.29) is 17.6 Å².